The van der Waals surface area contributed by atoms with Crippen LogP contribution in [-0.2, 0) is 9.59 Å². The second-order valence-corrected chi connectivity index (χ2v) is 16.6. The summed E-state index contributed by atoms with van der Waals surface area (Å²) in [5.74, 6) is -1.50. The smallest absolute Gasteiger partial charge is 0.262 e. The van der Waals surface area contributed by atoms with Crippen LogP contribution in [0.2, 0.25) is 0 Å². The summed E-state index contributed by atoms with van der Waals surface area (Å²) in [6.45, 7) is 12.8. The van der Waals surface area contributed by atoms with Crippen molar-refractivity contribution >= 4 is 57.6 Å². The standard InChI is InChI=1S/C45H46FN9O6/c1-47-36-10-12-38(33-3-2-16-48-40(33)36)61-31-7-4-29(5-8-31)50-42(57)28-23-35(46)41(49-25-28)54-17-14-27(15-18-54)26-52-19-21-53(22-20-52)30-6-9-32-34(24-30)45(60)55(44(32)59)37-11-13-39(56)51-43(37)58/h2-3,6,9-10,12,16,23-25,27,29,31,37H,4-5,7-8,11,13-15,17-22,26H2,(H,50,57)(H,51,56,58). The zero-order chi connectivity index (χ0) is 42.2. The number of hydrogen-bond donors (Lipinski definition) is 2. The Labute approximate surface area is 352 Å². The van der Waals surface area contributed by atoms with Crippen LogP contribution in [0.3, 0.4) is 0 Å². The number of carbonyl (C=O) groups is 5. The van der Waals surface area contributed by atoms with E-state index in [2.05, 4.69) is 35.2 Å². The first-order chi connectivity index (χ1) is 29.6. The third-order valence-electron chi connectivity index (χ3n) is 12.8. The number of halogens is 1. The predicted molar refractivity (Wildman–Crippen MR) is 223 cm³/mol. The Hall–Kier alpha value is -6.47. The van der Waals surface area contributed by atoms with E-state index in [1.54, 1.807) is 24.4 Å². The fraction of sp³-hybridized carbons (Fsp3) is 0.422. The molecule has 5 aliphatic rings. The number of amides is 5. The molecule has 4 aliphatic heterocycles. The van der Waals surface area contributed by atoms with E-state index < -0.39 is 35.5 Å². The summed E-state index contributed by atoms with van der Waals surface area (Å²) in [4.78, 5) is 83.6. The van der Waals surface area contributed by atoms with Gasteiger partial charge in [0, 0.05) is 81.7 Å². The van der Waals surface area contributed by atoms with Crippen molar-refractivity contribution in [1.82, 2.24) is 30.4 Å². The van der Waals surface area contributed by atoms with Crippen LogP contribution in [0.15, 0.2) is 60.9 Å². The Morgan fingerprint density at radius 1 is 0.869 bits per heavy atom. The minimum atomic E-state index is -0.994. The van der Waals surface area contributed by atoms with Gasteiger partial charge in [0.05, 0.1) is 34.9 Å². The molecule has 0 spiro atoms. The molecule has 9 rings (SSSR count). The number of rotatable bonds is 9. The summed E-state index contributed by atoms with van der Waals surface area (Å²) >= 11 is 0. The number of imide groups is 2. The molecule has 15 nitrogen and oxygen atoms in total. The number of benzene rings is 2. The summed E-state index contributed by atoms with van der Waals surface area (Å²) in [6.07, 6.45) is 8.00. The molecule has 3 saturated heterocycles. The lowest BCUT2D eigenvalue weighted by Gasteiger charge is -2.40. The van der Waals surface area contributed by atoms with E-state index in [0.717, 1.165) is 87.2 Å². The number of aromatic nitrogens is 2. The van der Waals surface area contributed by atoms with Gasteiger partial charge >= 0.3 is 0 Å². The summed E-state index contributed by atoms with van der Waals surface area (Å²) < 4.78 is 21.8. The number of pyridine rings is 2. The van der Waals surface area contributed by atoms with Crippen LogP contribution >= 0.6 is 0 Å². The Morgan fingerprint density at radius 2 is 1.64 bits per heavy atom. The van der Waals surface area contributed by atoms with Crippen LogP contribution < -0.4 is 25.2 Å². The normalized spacial score (nSPS) is 22.6. The number of nitrogens with zero attached hydrogens (tertiary/aromatic N) is 7. The van der Waals surface area contributed by atoms with E-state index in [4.69, 9.17) is 11.3 Å². The molecule has 1 unspecified atom stereocenters. The molecule has 1 atom stereocenters. The monoisotopic (exact) mass is 827 g/mol. The SMILES string of the molecule is [C-]#[N+]c1ccc(OC2CCC(NC(=O)c3cnc(N4CCC(CN5CCN(c6ccc7c(c6)C(=O)N(C6CCC(=O)NC6=O)C7=O)CC5)CC4)c(F)c3)CC2)c2cccnc12. The molecule has 1 saturated carbocycles. The van der Waals surface area contributed by atoms with E-state index >= 15 is 4.39 Å². The molecular weight excluding hydrogens is 782 g/mol. The highest BCUT2D eigenvalue weighted by molar-refractivity contribution is 6.23. The van der Waals surface area contributed by atoms with E-state index in [0.29, 0.717) is 36.0 Å². The van der Waals surface area contributed by atoms with Gasteiger partial charge in [0.2, 0.25) is 17.5 Å². The van der Waals surface area contributed by atoms with Crippen molar-refractivity contribution < 1.29 is 33.1 Å². The highest BCUT2D eigenvalue weighted by Gasteiger charge is 2.45. The van der Waals surface area contributed by atoms with Gasteiger partial charge in [-0.25, -0.2) is 14.2 Å². The van der Waals surface area contributed by atoms with Crippen molar-refractivity contribution in [3.8, 4) is 5.75 Å². The number of nitrogens with one attached hydrogen (secondary N) is 2. The zero-order valence-electron chi connectivity index (χ0n) is 33.6. The van der Waals surface area contributed by atoms with Crippen molar-refractivity contribution in [2.45, 2.75) is 69.6 Å². The number of piperidine rings is 2. The summed E-state index contributed by atoms with van der Waals surface area (Å²) in [7, 11) is 0. The lowest BCUT2D eigenvalue weighted by Crippen LogP contribution is -2.54. The molecule has 16 heteroatoms. The van der Waals surface area contributed by atoms with Crippen LogP contribution in [0, 0.1) is 18.3 Å². The van der Waals surface area contributed by atoms with Gasteiger partial charge in [0.1, 0.15) is 11.8 Å². The van der Waals surface area contributed by atoms with Crippen LogP contribution in [0.1, 0.15) is 82.4 Å². The summed E-state index contributed by atoms with van der Waals surface area (Å²) in [5.41, 5.74) is 2.70. The molecule has 2 N–H and O–H groups in total. The maximum atomic E-state index is 15.5. The van der Waals surface area contributed by atoms with Crippen molar-refractivity contribution in [3.63, 3.8) is 0 Å². The Balaban J connectivity index is 0.714. The quantitative estimate of drug-likeness (QED) is 0.175. The fourth-order valence-corrected chi connectivity index (χ4v) is 9.42. The molecule has 1 aliphatic carbocycles. The van der Waals surface area contributed by atoms with Crippen molar-refractivity contribution in [3.05, 3.63) is 94.8 Å². The van der Waals surface area contributed by atoms with E-state index in [9.17, 15) is 24.0 Å². The van der Waals surface area contributed by atoms with Gasteiger partial charge in [0.15, 0.2) is 11.6 Å². The summed E-state index contributed by atoms with van der Waals surface area (Å²) in [6, 6.07) is 12.8. The zero-order valence-corrected chi connectivity index (χ0v) is 33.6. The van der Waals surface area contributed by atoms with Gasteiger partial charge in [0.25, 0.3) is 17.7 Å². The number of ether oxygens (including phenoxy) is 1. The van der Waals surface area contributed by atoms with Crippen LogP contribution in [-0.4, -0.2) is 113 Å². The average molecular weight is 828 g/mol. The first-order valence-corrected chi connectivity index (χ1v) is 21.1. The first kappa shape index (κ1) is 40.0. The highest BCUT2D eigenvalue weighted by Crippen LogP contribution is 2.35. The molecule has 4 aromatic rings. The van der Waals surface area contributed by atoms with Crippen molar-refractivity contribution in [1.29, 1.82) is 0 Å². The van der Waals surface area contributed by atoms with Crippen LogP contribution in [0.25, 0.3) is 15.7 Å². The van der Waals surface area contributed by atoms with Gasteiger partial charge in [-0.15, -0.1) is 0 Å². The average Bonchev–Trinajstić information content (AvgIpc) is 3.52. The second kappa shape index (κ2) is 16.9. The minimum Gasteiger partial charge on any atom is -0.490 e. The maximum Gasteiger partial charge on any atom is 0.262 e. The second-order valence-electron chi connectivity index (χ2n) is 16.6. The number of hydrogen-bond acceptors (Lipinski definition) is 11. The fourth-order valence-electron chi connectivity index (χ4n) is 9.42. The number of carbonyl (C=O) groups excluding carboxylic acids is 5. The van der Waals surface area contributed by atoms with Crippen LogP contribution in [0.5, 0.6) is 5.75 Å². The molecule has 2 aromatic carbocycles. The Morgan fingerprint density at radius 3 is 2.38 bits per heavy atom. The third-order valence-corrected chi connectivity index (χ3v) is 12.8. The topological polar surface area (TPSA) is 162 Å². The lowest BCUT2D eigenvalue weighted by molar-refractivity contribution is -0.136. The Bertz CT molecular complexity index is 2450. The molecule has 0 radical (unpaired) electrons. The van der Waals surface area contributed by atoms with Crippen molar-refractivity contribution in [2.24, 2.45) is 5.92 Å². The number of fused-ring (bicyclic) bond motifs is 2. The molecular formula is C45H46FN9O6. The first-order valence-electron chi connectivity index (χ1n) is 21.1. The number of piperazine rings is 1. The lowest BCUT2D eigenvalue weighted by atomic mass is 9.92. The van der Waals surface area contributed by atoms with Crippen LogP contribution in [0.4, 0.5) is 21.6 Å². The summed E-state index contributed by atoms with van der Waals surface area (Å²) in [5, 5.41) is 6.10. The highest BCUT2D eigenvalue weighted by atomic mass is 19.1. The van der Waals surface area contributed by atoms with E-state index in [1.165, 1.54) is 12.3 Å². The molecule has 0 bridgehead atoms. The molecule has 314 valence electrons. The molecule has 61 heavy (non-hydrogen) atoms. The minimum absolute atomic E-state index is 0.0303. The maximum absolute atomic E-state index is 15.5. The van der Waals surface area contributed by atoms with Gasteiger partial charge in [-0.2, -0.15) is 0 Å². The largest absolute Gasteiger partial charge is 0.490 e. The molecule has 4 fully saturated rings. The van der Waals surface area contributed by atoms with Gasteiger partial charge in [-0.05, 0) is 93.3 Å². The number of anilines is 2. The molecule has 5 amide bonds. The molecule has 2 aromatic heterocycles. The third kappa shape index (κ3) is 8.09. The molecule has 6 heterocycles. The predicted octanol–water partition coefficient (Wildman–Crippen LogP) is 4.88. The van der Waals surface area contributed by atoms with E-state index in [1.807, 2.05) is 29.2 Å². The van der Waals surface area contributed by atoms with Gasteiger partial charge in [-0.3, -0.25) is 44.1 Å². The van der Waals surface area contributed by atoms with Gasteiger partial charge < -0.3 is 19.9 Å². The van der Waals surface area contributed by atoms with E-state index in [-0.39, 0.29) is 53.4 Å². The Kier molecular flexibility index (Phi) is 11.1. The van der Waals surface area contributed by atoms with Crippen molar-refractivity contribution in [2.75, 3.05) is 55.6 Å². The van der Waals surface area contributed by atoms with Gasteiger partial charge in [-0.1, -0.05) is 6.07 Å².